The minimum atomic E-state index is -0.546. The SMILES string of the molecule is CN(C)c1ccc(C(=O)c2ccc(N(C)C)c(N(O)O)c2)cc1N([O-])[O-]. The molecule has 9 nitrogen and oxygen atoms in total. The molecule has 2 aromatic carbocycles. The van der Waals surface area contributed by atoms with Crippen LogP contribution in [0.15, 0.2) is 36.4 Å². The minimum Gasteiger partial charge on any atom is -0.769 e. The van der Waals surface area contributed by atoms with E-state index in [0.29, 0.717) is 11.4 Å². The maximum Gasteiger partial charge on any atom is 0.193 e. The van der Waals surface area contributed by atoms with Crippen LogP contribution in [0, 0.1) is 10.4 Å². The largest absolute Gasteiger partial charge is 0.769 e. The molecule has 0 radical (unpaired) electrons. The van der Waals surface area contributed by atoms with Crippen LogP contribution in [0.2, 0.25) is 0 Å². The van der Waals surface area contributed by atoms with Gasteiger partial charge in [-0.15, -0.1) is 5.23 Å². The van der Waals surface area contributed by atoms with Gasteiger partial charge >= 0.3 is 0 Å². The Labute approximate surface area is 151 Å². The van der Waals surface area contributed by atoms with Gasteiger partial charge in [0.2, 0.25) is 0 Å². The Hall–Kier alpha value is -2.85. The third-order valence-electron chi connectivity index (χ3n) is 3.85. The van der Waals surface area contributed by atoms with E-state index in [1.165, 1.54) is 30.3 Å². The molecule has 2 aromatic rings. The molecule has 0 spiro atoms. The van der Waals surface area contributed by atoms with Crippen molar-refractivity contribution in [2.75, 3.05) is 48.4 Å². The summed E-state index contributed by atoms with van der Waals surface area (Å²) in [6.07, 6.45) is 0. The van der Waals surface area contributed by atoms with E-state index in [2.05, 4.69) is 0 Å². The predicted molar refractivity (Wildman–Crippen MR) is 100 cm³/mol. The van der Waals surface area contributed by atoms with Crippen molar-refractivity contribution in [3.8, 4) is 0 Å². The number of hydrogen-bond acceptors (Lipinski definition) is 9. The average molecular weight is 360 g/mol. The van der Waals surface area contributed by atoms with Crippen molar-refractivity contribution in [2.24, 2.45) is 0 Å². The molecule has 0 aliphatic carbocycles. The van der Waals surface area contributed by atoms with Crippen molar-refractivity contribution in [1.29, 1.82) is 0 Å². The zero-order chi connectivity index (χ0) is 19.6. The van der Waals surface area contributed by atoms with Crippen molar-refractivity contribution < 1.29 is 15.2 Å². The van der Waals surface area contributed by atoms with E-state index in [4.69, 9.17) is 0 Å². The van der Waals surface area contributed by atoms with Crippen LogP contribution in [-0.2, 0) is 0 Å². The van der Waals surface area contributed by atoms with E-state index in [0.717, 1.165) is 0 Å². The Balaban J connectivity index is 2.49. The molecular formula is C17H20N4O5-2. The second-order valence-corrected chi connectivity index (χ2v) is 6.07. The van der Waals surface area contributed by atoms with Crippen LogP contribution in [0.25, 0.3) is 0 Å². The summed E-state index contributed by atoms with van der Waals surface area (Å²) in [5.74, 6) is -0.466. The molecule has 2 rings (SSSR count). The molecule has 9 heteroatoms. The molecule has 0 fully saturated rings. The van der Waals surface area contributed by atoms with Crippen molar-refractivity contribution in [1.82, 2.24) is 0 Å². The first-order valence-electron chi connectivity index (χ1n) is 7.63. The quantitative estimate of drug-likeness (QED) is 0.591. The van der Waals surface area contributed by atoms with Crippen molar-refractivity contribution in [2.45, 2.75) is 0 Å². The number of nitrogens with zero attached hydrogens (tertiary/aromatic N) is 4. The van der Waals surface area contributed by atoms with Crippen LogP contribution in [0.4, 0.5) is 22.7 Å². The summed E-state index contributed by atoms with van der Waals surface area (Å²) in [4.78, 5) is 16.0. The topological polar surface area (TPSA) is 117 Å². The summed E-state index contributed by atoms with van der Waals surface area (Å²) in [7, 11) is 6.78. The van der Waals surface area contributed by atoms with Gasteiger partial charge in [-0.25, -0.2) is 0 Å². The van der Waals surface area contributed by atoms with Gasteiger partial charge < -0.3 is 25.4 Å². The van der Waals surface area contributed by atoms with Gasteiger partial charge in [0.25, 0.3) is 0 Å². The zero-order valence-electron chi connectivity index (χ0n) is 14.9. The molecule has 0 unspecified atom stereocenters. The maximum absolute atomic E-state index is 12.7. The Morgan fingerprint density at radius 2 is 1.19 bits per heavy atom. The normalized spacial score (nSPS) is 10.5. The lowest BCUT2D eigenvalue weighted by Crippen LogP contribution is -2.19. The van der Waals surface area contributed by atoms with Gasteiger partial charge in [0.1, 0.15) is 5.69 Å². The first-order valence-corrected chi connectivity index (χ1v) is 7.63. The fraction of sp³-hybridized carbons (Fsp3) is 0.235. The van der Waals surface area contributed by atoms with Crippen LogP contribution in [0.3, 0.4) is 0 Å². The molecular weight excluding hydrogens is 340 g/mol. The number of carbonyl (C=O) groups excluding carboxylic acids is 1. The third-order valence-corrected chi connectivity index (χ3v) is 3.85. The molecule has 26 heavy (non-hydrogen) atoms. The predicted octanol–water partition coefficient (Wildman–Crippen LogP) is 2.44. The summed E-state index contributed by atoms with van der Waals surface area (Å²) in [5.41, 5.74) is 1.00. The standard InChI is InChI=1S/C17H20N4O5/c1-18(2)13-7-5-11(9-15(13)20(23)24)17(22)12-6-8-14(19(3)4)16(10-12)21(25)26/h5-10,23-24H,1-4H3/q-2. The molecule has 0 amide bonds. The molecule has 0 aromatic heterocycles. The summed E-state index contributed by atoms with van der Waals surface area (Å²) in [6, 6.07) is 8.61. The van der Waals surface area contributed by atoms with Gasteiger partial charge in [-0.05, 0) is 36.4 Å². The molecule has 0 saturated heterocycles. The van der Waals surface area contributed by atoms with E-state index in [-0.39, 0.29) is 27.7 Å². The number of ketones is 1. The van der Waals surface area contributed by atoms with Gasteiger partial charge in [0, 0.05) is 45.0 Å². The van der Waals surface area contributed by atoms with E-state index >= 15 is 0 Å². The molecule has 0 aliphatic rings. The number of hydrogen-bond donors (Lipinski definition) is 2. The van der Waals surface area contributed by atoms with E-state index in [1.54, 1.807) is 44.1 Å². The van der Waals surface area contributed by atoms with Gasteiger partial charge in [-0.2, -0.15) is 0 Å². The molecule has 0 aliphatic heterocycles. The van der Waals surface area contributed by atoms with E-state index in [1.807, 2.05) is 0 Å². The van der Waals surface area contributed by atoms with Gasteiger partial charge in [-0.3, -0.25) is 15.2 Å². The Bertz CT molecular complexity index is 740. The summed E-state index contributed by atoms with van der Waals surface area (Å²) in [6.45, 7) is 0. The highest BCUT2D eigenvalue weighted by Crippen LogP contribution is 2.31. The summed E-state index contributed by atoms with van der Waals surface area (Å²) in [5, 5.41) is 40.8. The molecule has 0 bridgehead atoms. The van der Waals surface area contributed by atoms with Crippen LogP contribution in [0.1, 0.15) is 15.9 Å². The van der Waals surface area contributed by atoms with Crippen LogP contribution < -0.4 is 20.3 Å². The zero-order valence-corrected chi connectivity index (χ0v) is 14.9. The lowest BCUT2D eigenvalue weighted by atomic mass is 10.0. The number of benzene rings is 2. The molecule has 0 saturated carbocycles. The van der Waals surface area contributed by atoms with E-state index < -0.39 is 11.0 Å². The fourth-order valence-electron chi connectivity index (χ4n) is 2.56. The first-order chi connectivity index (χ1) is 12.1. The highest BCUT2D eigenvalue weighted by molar-refractivity contribution is 6.10. The minimum absolute atomic E-state index is 0.0141. The average Bonchev–Trinajstić information content (AvgIpc) is 2.59. The second-order valence-electron chi connectivity index (χ2n) is 6.07. The van der Waals surface area contributed by atoms with E-state index in [9.17, 15) is 25.6 Å². The summed E-state index contributed by atoms with van der Waals surface area (Å²) < 4.78 is 0. The van der Waals surface area contributed by atoms with Crippen LogP contribution in [-0.4, -0.2) is 44.4 Å². The van der Waals surface area contributed by atoms with Crippen molar-refractivity contribution in [3.05, 3.63) is 57.9 Å². The van der Waals surface area contributed by atoms with Gasteiger partial charge in [0.05, 0.1) is 11.4 Å². The van der Waals surface area contributed by atoms with Crippen LogP contribution in [0.5, 0.6) is 0 Å². The Morgan fingerprint density at radius 1 is 0.769 bits per heavy atom. The third kappa shape index (κ3) is 3.86. The van der Waals surface area contributed by atoms with Crippen LogP contribution >= 0.6 is 0 Å². The maximum atomic E-state index is 12.7. The van der Waals surface area contributed by atoms with Crippen molar-refractivity contribution >= 4 is 28.5 Å². The van der Waals surface area contributed by atoms with Gasteiger partial charge in [0.15, 0.2) is 5.78 Å². The Morgan fingerprint density at radius 3 is 1.58 bits per heavy atom. The lowest BCUT2D eigenvalue weighted by Gasteiger charge is -2.40. The smallest absolute Gasteiger partial charge is 0.193 e. The highest BCUT2D eigenvalue weighted by atomic mass is 16.8. The highest BCUT2D eigenvalue weighted by Gasteiger charge is 2.17. The Kier molecular flexibility index (Phi) is 5.68. The lowest BCUT2D eigenvalue weighted by molar-refractivity contribution is 0.0294. The number of carbonyl (C=O) groups is 1. The molecule has 140 valence electrons. The summed E-state index contributed by atoms with van der Waals surface area (Å²) >= 11 is 0. The number of anilines is 4. The monoisotopic (exact) mass is 360 g/mol. The number of rotatable bonds is 6. The first kappa shape index (κ1) is 19.5. The fourth-order valence-corrected chi connectivity index (χ4v) is 2.56. The van der Waals surface area contributed by atoms with Gasteiger partial charge in [-0.1, -0.05) is 0 Å². The molecule has 0 atom stereocenters. The second kappa shape index (κ2) is 7.58. The molecule has 0 heterocycles. The van der Waals surface area contributed by atoms with Crippen molar-refractivity contribution in [3.63, 3.8) is 0 Å². The molecule has 2 N–H and O–H groups in total.